The summed E-state index contributed by atoms with van der Waals surface area (Å²) in [7, 11) is 0. The first-order chi connectivity index (χ1) is 9.19. The highest BCUT2D eigenvalue weighted by molar-refractivity contribution is 5.92. The summed E-state index contributed by atoms with van der Waals surface area (Å²) in [6.45, 7) is 4.72. The number of nitrogens with zero attached hydrogens (tertiary/aromatic N) is 2. The molecule has 0 radical (unpaired) electrons. The first-order valence-electron chi connectivity index (χ1n) is 5.93. The van der Waals surface area contributed by atoms with E-state index in [1.54, 1.807) is 35.2 Å². The lowest BCUT2D eigenvalue weighted by molar-refractivity contribution is -0.117. The topological polar surface area (TPSA) is 76.4 Å². The Morgan fingerprint density at radius 3 is 3.00 bits per heavy atom. The van der Waals surface area contributed by atoms with Crippen molar-refractivity contribution >= 4 is 11.6 Å². The second-order valence-electron chi connectivity index (χ2n) is 3.99. The average molecular weight is 259 g/mol. The van der Waals surface area contributed by atoms with Crippen LogP contribution in [0.1, 0.15) is 5.56 Å². The predicted octanol–water partition coefficient (Wildman–Crippen LogP) is 0.977. The van der Waals surface area contributed by atoms with Crippen LogP contribution in [-0.2, 0) is 4.79 Å². The summed E-state index contributed by atoms with van der Waals surface area (Å²) in [4.78, 5) is 13.6. The van der Waals surface area contributed by atoms with Crippen molar-refractivity contribution in [1.82, 2.24) is 4.90 Å². The van der Waals surface area contributed by atoms with Gasteiger partial charge in [-0.3, -0.25) is 9.69 Å². The van der Waals surface area contributed by atoms with E-state index < -0.39 is 0 Å². The second kappa shape index (κ2) is 8.03. The van der Waals surface area contributed by atoms with Gasteiger partial charge in [0.15, 0.2) is 0 Å². The molecule has 100 valence electrons. The number of nitriles is 1. The highest BCUT2D eigenvalue weighted by Crippen LogP contribution is 2.09. The molecule has 0 spiro atoms. The van der Waals surface area contributed by atoms with E-state index in [0.717, 1.165) is 0 Å². The van der Waals surface area contributed by atoms with Crippen molar-refractivity contribution in [2.45, 2.75) is 0 Å². The van der Waals surface area contributed by atoms with E-state index in [0.29, 0.717) is 24.3 Å². The molecule has 0 atom stereocenters. The lowest BCUT2D eigenvalue weighted by atomic mass is 10.2. The van der Waals surface area contributed by atoms with Crippen LogP contribution in [0.5, 0.6) is 0 Å². The number of hydrogen-bond acceptors (Lipinski definition) is 4. The molecule has 0 heterocycles. The van der Waals surface area contributed by atoms with E-state index in [1.165, 1.54) is 0 Å². The van der Waals surface area contributed by atoms with E-state index in [4.69, 9.17) is 10.4 Å². The molecule has 0 aliphatic rings. The SMILES string of the molecule is C=CCN(CCO)CC(=O)Nc1cccc(C#N)c1. The molecule has 0 aliphatic carbocycles. The largest absolute Gasteiger partial charge is 0.395 e. The summed E-state index contributed by atoms with van der Waals surface area (Å²) in [6, 6.07) is 8.74. The molecule has 1 aromatic rings. The molecule has 0 unspecified atom stereocenters. The van der Waals surface area contributed by atoms with Gasteiger partial charge in [0.1, 0.15) is 0 Å². The van der Waals surface area contributed by atoms with Gasteiger partial charge >= 0.3 is 0 Å². The molecule has 0 fully saturated rings. The quantitative estimate of drug-likeness (QED) is 0.716. The van der Waals surface area contributed by atoms with Crippen LogP contribution in [0.2, 0.25) is 0 Å². The Balaban J connectivity index is 2.58. The molecular formula is C14H17N3O2. The zero-order valence-electron chi connectivity index (χ0n) is 10.7. The molecule has 0 saturated carbocycles. The standard InChI is InChI=1S/C14H17N3O2/c1-2-6-17(7-8-18)11-14(19)16-13-5-3-4-12(9-13)10-15/h2-5,9,18H,1,6-8,11H2,(H,16,19). The van der Waals surface area contributed by atoms with Crippen molar-refractivity contribution in [3.05, 3.63) is 42.5 Å². The number of benzene rings is 1. The van der Waals surface area contributed by atoms with Gasteiger partial charge in [0.2, 0.25) is 5.91 Å². The molecule has 1 amide bonds. The molecule has 1 rings (SSSR count). The minimum Gasteiger partial charge on any atom is -0.395 e. The van der Waals surface area contributed by atoms with E-state index in [-0.39, 0.29) is 19.1 Å². The Morgan fingerprint density at radius 1 is 1.58 bits per heavy atom. The van der Waals surface area contributed by atoms with Gasteiger partial charge in [-0.15, -0.1) is 6.58 Å². The monoisotopic (exact) mass is 259 g/mol. The van der Waals surface area contributed by atoms with Gasteiger partial charge < -0.3 is 10.4 Å². The summed E-state index contributed by atoms with van der Waals surface area (Å²) in [5, 5.41) is 20.4. The van der Waals surface area contributed by atoms with Crippen LogP contribution < -0.4 is 5.32 Å². The van der Waals surface area contributed by atoms with Crippen LogP contribution in [0.4, 0.5) is 5.69 Å². The molecule has 1 aromatic carbocycles. The van der Waals surface area contributed by atoms with Crippen molar-refractivity contribution in [3.63, 3.8) is 0 Å². The summed E-state index contributed by atoms with van der Waals surface area (Å²) >= 11 is 0. The predicted molar refractivity (Wildman–Crippen MR) is 73.5 cm³/mol. The third-order valence-electron chi connectivity index (χ3n) is 2.45. The third kappa shape index (κ3) is 5.34. The van der Waals surface area contributed by atoms with Gasteiger partial charge in [-0.2, -0.15) is 5.26 Å². The van der Waals surface area contributed by atoms with Crippen molar-refractivity contribution < 1.29 is 9.90 Å². The van der Waals surface area contributed by atoms with Crippen molar-refractivity contribution in [2.24, 2.45) is 0 Å². The molecule has 0 saturated heterocycles. The van der Waals surface area contributed by atoms with Crippen LogP contribution in [0.15, 0.2) is 36.9 Å². The molecule has 2 N–H and O–H groups in total. The van der Waals surface area contributed by atoms with Crippen molar-refractivity contribution in [1.29, 1.82) is 5.26 Å². The fourth-order valence-electron chi connectivity index (χ4n) is 1.63. The maximum Gasteiger partial charge on any atom is 0.238 e. The van der Waals surface area contributed by atoms with E-state index >= 15 is 0 Å². The van der Waals surface area contributed by atoms with Gasteiger partial charge in [0.05, 0.1) is 24.8 Å². The summed E-state index contributed by atoms with van der Waals surface area (Å²) in [6.07, 6.45) is 1.68. The first kappa shape index (κ1) is 14.9. The molecule has 0 aromatic heterocycles. The lowest BCUT2D eigenvalue weighted by Crippen LogP contribution is -2.35. The van der Waals surface area contributed by atoms with Crippen molar-refractivity contribution in [2.75, 3.05) is 31.6 Å². The van der Waals surface area contributed by atoms with Crippen LogP contribution in [0.3, 0.4) is 0 Å². The van der Waals surface area contributed by atoms with Gasteiger partial charge in [-0.1, -0.05) is 12.1 Å². The number of amides is 1. The molecule has 19 heavy (non-hydrogen) atoms. The van der Waals surface area contributed by atoms with Gasteiger partial charge in [-0.05, 0) is 18.2 Å². The van der Waals surface area contributed by atoms with Gasteiger partial charge in [0, 0.05) is 18.8 Å². The molecule has 5 heteroatoms. The summed E-state index contributed by atoms with van der Waals surface area (Å²) in [5.41, 5.74) is 1.09. The fourth-order valence-corrected chi connectivity index (χ4v) is 1.63. The Hall–Kier alpha value is -2.16. The Kier molecular flexibility index (Phi) is 6.30. The van der Waals surface area contributed by atoms with Gasteiger partial charge in [0.25, 0.3) is 0 Å². The zero-order chi connectivity index (χ0) is 14.1. The van der Waals surface area contributed by atoms with Crippen LogP contribution >= 0.6 is 0 Å². The molecule has 5 nitrogen and oxygen atoms in total. The first-order valence-corrected chi connectivity index (χ1v) is 5.93. The Bertz CT molecular complexity index is 480. The number of nitrogens with one attached hydrogen (secondary N) is 1. The smallest absolute Gasteiger partial charge is 0.238 e. The Labute approximate surface area is 112 Å². The van der Waals surface area contributed by atoms with Crippen molar-refractivity contribution in [3.8, 4) is 6.07 Å². The van der Waals surface area contributed by atoms with E-state index in [2.05, 4.69) is 11.9 Å². The molecule has 0 aliphatic heterocycles. The number of aliphatic hydroxyl groups excluding tert-OH is 1. The summed E-state index contributed by atoms with van der Waals surface area (Å²) < 4.78 is 0. The lowest BCUT2D eigenvalue weighted by Gasteiger charge is -2.18. The van der Waals surface area contributed by atoms with Crippen LogP contribution in [0.25, 0.3) is 0 Å². The third-order valence-corrected chi connectivity index (χ3v) is 2.45. The van der Waals surface area contributed by atoms with Crippen LogP contribution in [0, 0.1) is 11.3 Å². The molecular weight excluding hydrogens is 242 g/mol. The minimum atomic E-state index is -0.189. The maximum absolute atomic E-state index is 11.8. The number of anilines is 1. The highest BCUT2D eigenvalue weighted by Gasteiger charge is 2.09. The number of rotatable bonds is 7. The number of hydrogen-bond donors (Lipinski definition) is 2. The van der Waals surface area contributed by atoms with E-state index in [1.807, 2.05) is 6.07 Å². The number of aliphatic hydroxyl groups is 1. The Morgan fingerprint density at radius 2 is 2.37 bits per heavy atom. The van der Waals surface area contributed by atoms with E-state index in [9.17, 15) is 4.79 Å². The fraction of sp³-hybridized carbons (Fsp3) is 0.286. The zero-order valence-corrected chi connectivity index (χ0v) is 10.7. The minimum absolute atomic E-state index is 0.00889. The highest BCUT2D eigenvalue weighted by atomic mass is 16.3. The average Bonchev–Trinajstić information content (AvgIpc) is 2.39. The number of carbonyl (C=O) groups is 1. The summed E-state index contributed by atoms with van der Waals surface area (Å²) in [5.74, 6) is -0.189. The number of carbonyl (C=O) groups excluding carboxylic acids is 1. The molecule has 0 bridgehead atoms. The maximum atomic E-state index is 11.8. The van der Waals surface area contributed by atoms with Crippen LogP contribution in [-0.4, -0.2) is 42.2 Å². The second-order valence-corrected chi connectivity index (χ2v) is 3.99. The van der Waals surface area contributed by atoms with Gasteiger partial charge in [-0.25, -0.2) is 0 Å². The normalized spacial score (nSPS) is 9.95.